The van der Waals surface area contributed by atoms with E-state index in [2.05, 4.69) is 5.32 Å². The summed E-state index contributed by atoms with van der Waals surface area (Å²) < 4.78 is 39.8. The van der Waals surface area contributed by atoms with Gasteiger partial charge in [-0.05, 0) is 24.3 Å². The number of hydrogen-bond donors (Lipinski definition) is 2. The molecular formula is C14H12ClF3N2. The molecule has 0 fully saturated rings. The molecule has 20 heavy (non-hydrogen) atoms. The predicted octanol–water partition coefficient (Wildman–Crippen LogP) is 3.87. The van der Waals surface area contributed by atoms with Crippen molar-refractivity contribution in [3.63, 3.8) is 0 Å². The summed E-state index contributed by atoms with van der Waals surface area (Å²) in [4.78, 5) is 0. The van der Waals surface area contributed by atoms with Crippen LogP contribution in [0.3, 0.4) is 0 Å². The van der Waals surface area contributed by atoms with E-state index < -0.39 is 23.5 Å². The number of nitrogens with one attached hydrogen (secondary N) is 1. The number of rotatable bonds is 4. The smallest absolute Gasteiger partial charge is 0.131 e. The van der Waals surface area contributed by atoms with Crippen molar-refractivity contribution in [3.05, 3.63) is 64.4 Å². The van der Waals surface area contributed by atoms with Crippen LogP contribution in [0.5, 0.6) is 0 Å². The van der Waals surface area contributed by atoms with E-state index in [9.17, 15) is 13.2 Å². The zero-order valence-corrected chi connectivity index (χ0v) is 11.1. The lowest BCUT2D eigenvalue weighted by atomic mass is 10.1. The Labute approximate surface area is 119 Å². The quantitative estimate of drug-likeness (QED) is 0.899. The van der Waals surface area contributed by atoms with Crippen LogP contribution >= 0.6 is 11.6 Å². The minimum absolute atomic E-state index is 0.0523. The van der Waals surface area contributed by atoms with Crippen molar-refractivity contribution in [1.82, 2.24) is 0 Å². The van der Waals surface area contributed by atoms with E-state index in [4.69, 9.17) is 17.3 Å². The highest BCUT2D eigenvalue weighted by atomic mass is 35.5. The molecule has 0 aliphatic heterocycles. The van der Waals surface area contributed by atoms with Crippen LogP contribution in [0.1, 0.15) is 11.6 Å². The SMILES string of the molecule is NCC(Nc1cc(F)cc(Cl)c1)c1ccc(F)cc1F. The Morgan fingerprint density at radius 1 is 1.05 bits per heavy atom. The van der Waals surface area contributed by atoms with Crippen LogP contribution in [0.4, 0.5) is 18.9 Å². The van der Waals surface area contributed by atoms with E-state index in [0.29, 0.717) is 5.69 Å². The van der Waals surface area contributed by atoms with E-state index in [-0.39, 0.29) is 17.1 Å². The highest BCUT2D eigenvalue weighted by Crippen LogP contribution is 2.24. The molecule has 106 valence electrons. The van der Waals surface area contributed by atoms with Crippen molar-refractivity contribution in [2.75, 3.05) is 11.9 Å². The Morgan fingerprint density at radius 2 is 1.80 bits per heavy atom. The van der Waals surface area contributed by atoms with Crippen LogP contribution in [-0.2, 0) is 0 Å². The predicted molar refractivity (Wildman–Crippen MR) is 73.2 cm³/mol. The van der Waals surface area contributed by atoms with Gasteiger partial charge in [0.25, 0.3) is 0 Å². The molecule has 2 aromatic rings. The summed E-state index contributed by atoms with van der Waals surface area (Å²) in [6.07, 6.45) is 0. The average molecular weight is 301 g/mol. The highest BCUT2D eigenvalue weighted by Gasteiger charge is 2.15. The van der Waals surface area contributed by atoms with Crippen molar-refractivity contribution < 1.29 is 13.2 Å². The molecule has 0 saturated heterocycles. The highest BCUT2D eigenvalue weighted by molar-refractivity contribution is 6.30. The topological polar surface area (TPSA) is 38.0 Å². The van der Waals surface area contributed by atoms with Crippen LogP contribution in [0.2, 0.25) is 5.02 Å². The third-order valence-corrected chi connectivity index (χ3v) is 3.00. The van der Waals surface area contributed by atoms with Gasteiger partial charge in [0.1, 0.15) is 17.5 Å². The molecule has 0 aromatic heterocycles. The molecule has 0 amide bonds. The second-order valence-electron chi connectivity index (χ2n) is 4.26. The van der Waals surface area contributed by atoms with Crippen LogP contribution in [0.15, 0.2) is 36.4 Å². The molecule has 0 aliphatic carbocycles. The minimum Gasteiger partial charge on any atom is -0.377 e. The molecule has 2 aromatic carbocycles. The molecule has 3 N–H and O–H groups in total. The number of benzene rings is 2. The van der Waals surface area contributed by atoms with Crippen molar-refractivity contribution in [1.29, 1.82) is 0 Å². The van der Waals surface area contributed by atoms with Crippen LogP contribution in [0.25, 0.3) is 0 Å². The number of hydrogen-bond acceptors (Lipinski definition) is 2. The standard InChI is InChI=1S/C14H12ClF3N2/c15-8-3-10(17)5-11(4-8)20-14(7-19)12-2-1-9(16)6-13(12)18/h1-6,14,20H,7,19H2. The van der Waals surface area contributed by atoms with Crippen molar-refractivity contribution in [2.45, 2.75) is 6.04 Å². The molecule has 0 radical (unpaired) electrons. The Kier molecular flexibility index (Phi) is 4.52. The van der Waals surface area contributed by atoms with E-state index in [1.807, 2.05) is 0 Å². The molecule has 6 heteroatoms. The summed E-state index contributed by atoms with van der Waals surface area (Å²) in [5.41, 5.74) is 6.16. The summed E-state index contributed by atoms with van der Waals surface area (Å²) in [5, 5.41) is 3.09. The molecular weight excluding hydrogens is 289 g/mol. The number of anilines is 1. The van der Waals surface area contributed by atoms with Gasteiger partial charge < -0.3 is 11.1 Å². The lowest BCUT2D eigenvalue weighted by Crippen LogP contribution is -2.21. The third kappa shape index (κ3) is 3.43. The van der Waals surface area contributed by atoms with Crippen molar-refractivity contribution in [2.24, 2.45) is 5.73 Å². The molecule has 1 atom stereocenters. The fourth-order valence-corrected chi connectivity index (χ4v) is 2.11. The fourth-order valence-electron chi connectivity index (χ4n) is 1.89. The lowest BCUT2D eigenvalue weighted by Gasteiger charge is -2.19. The second kappa shape index (κ2) is 6.15. The molecule has 2 nitrogen and oxygen atoms in total. The molecule has 0 saturated carbocycles. The van der Waals surface area contributed by atoms with Crippen LogP contribution in [-0.4, -0.2) is 6.54 Å². The van der Waals surface area contributed by atoms with Crippen LogP contribution < -0.4 is 11.1 Å². The maximum absolute atomic E-state index is 13.7. The monoisotopic (exact) mass is 300 g/mol. The maximum Gasteiger partial charge on any atom is 0.131 e. The molecule has 0 heterocycles. The first-order valence-electron chi connectivity index (χ1n) is 5.87. The maximum atomic E-state index is 13.7. The zero-order chi connectivity index (χ0) is 14.7. The van der Waals surface area contributed by atoms with Crippen LogP contribution in [0, 0.1) is 17.5 Å². The van der Waals surface area contributed by atoms with Gasteiger partial charge in [-0.25, -0.2) is 13.2 Å². The molecule has 2 rings (SSSR count). The van der Waals surface area contributed by atoms with Gasteiger partial charge in [-0.2, -0.15) is 0 Å². The van der Waals surface area contributed by atoms with Gasteiger partial charge in [0.2, 0.25) is 0 Å². The summed E-state index contributed by atoms with van der Waals surface area (Å²) in [6, 6.07) is 6.47. The van der Waals surface area contributed by atoms with Gasteiger partial charge in [0.15, 0.2) is 0 Å². The Bertz CT molecular complexity index is 599. The van der Waals surface area contributed by atoms with Gasteiger partial charge in [-0.15, -0.1) is 0 Å². The van der Waals surface area contributed by atoms with Gasteiger partial charge in [0.05, 0.1) is 6.04 Å². The normalized spacial score (nSPS) is 12.2. The average Bonchev–Trinajstić information content (AvgIpc) is 2.35. The first kappa shape index (κ1) is 14.7. The molecule has 0 aliphatic rings. The lowest BCUT2D eigenvalue weighted by molar-refractivity contribution is 0.562. The molecule has 0 bridgehead atoms. The Balaban J connectivity index is 2.28. The summed E-state index contributed by atoms with van der Waals surface area (Å²) >= 11 is 5.74. The van der Waals surface area contributed by atoms with E-state index in [1.165, 1.54) is 18.2 Å². The van der Waals surface area contributed by atoms with Crippen molar-refractivity contribution in [3.8, 4) is 0 Å². The van der Waals surface area contributed by atoms with Gasteiger partial charge in [-0.3, -0.25) is 0 Å². The Morgan fingerprint density at radius 3 is 2.40 bits per heavy atom. The zero-order valence-electron chi connectivity index (χ0n) is 10.3. The number of halogens is 4. The first-order valence-corrected chi connectivity index (χ1v) is 6.25. The summed E-state index contributed by atoms with van der Waals surface area (Å²) in [5.74, 6) is -1.90. The number of nitrogens with two attached hydrogens (primary N) is 1. The Hall–Kier alpha value is -1.72. The fraction of sp³-hybridized carbons (Fsp3) is 0.143. The van der Waals surface area contributed by atoms with Gasteiger partial charge in [0, 0.05) is 28.9 Å². The molecule has 0 spiro atoms. The molecule has 1 unspecified atom stereocenters. The van der Waals surface area contributed by atoms with E-state index >= 15 is 0 Å². The van der Waals surface area contributed by atoms with E-state index in [0.717, 1.165) is 18.2 Å². The van der Waals surface area contributed by atoms with Gasteiger partial charge >= 0.3 is 0 Å². The minimum atomic E-state index is -0.713. The third-order valence-electron chi connectivity index (χ3n) is 2.78. The van der Waals surface area contributed by atoms with Crippen molar-refractivity contribution >= 4 is 17.3 Å². The first-order chi connectivity index (χ1) is 9.49. The summed E-state index contributed by atoms with van der Waals surface area (Å²) in [7, 11) is 0. The largest absolute Gasteiger partial charge is 0.377 e. The van der Waals surface area contributed by atoms with Gasteiger partial charge in [-0.1, -0.05) is 17.7 Å². The second-order valence-corrected chi connectivity index (χ2v) is 4.69. The van der Waals surface area contributed by atoms with E-state index in [1.54, 1.807) is 0 Å². The summed E-state index contributed by atoms with van der Waals surface area (Å²) in [6.45, 7) is 0.0523.